The summed E-state index contributed by atoms with van der Waals surface area (Å²) in [5.74, 6) is -0.0808. The summed E-state index contributed by atoms with van der Waals surface area (Å²) in [7, 11) is 0. The van der Waals surface area contributed by atoms with E-state index in [0.29, 0.717) is 47.0 Å². The van der Waals surface area contributed by atoms with Gasteiger partial charge in [0.2, 0.25) is 0 Å². The lowest BCUT2D eigenvalue weighted by Crippen LogP contribution is -2.51. The van der Waals surface area contributed by atoms with Crippen LogP contribution in [0.2, 0.25) is 5.02 Å². The molecule has 39 heavy (non-hydrogen) atoms. The summed E-state index contributed by atoms with van der Waals surface area (Å²) in [5.41, 5.74) is 10.6. The number of fused-ring (bicyclic) bond motifs is 3. The number of halogens is 1. The van der Waals surface area contributed by atoms with Gasteiger partial charge in [0.1, 0.15) is 12.2 Å². The fourth-order valence-electron chi connectivity index (χ4n) is 5.67. The van der Waals surface area contributed by atoms with Gasteiger partial charge in [-0.3, -0.25) is 9.59 Å². The molecule has 0 saturated carbocycles. The molecule has 8 nitrogen and oxygen atoms in total. The summed E-state index contributed by atoms with van der Waals surface area (Å²) in [6.07, 6.45) is 2.76. The summed E-state index contributed by atoms with van der Waals surface area (Å²) in [6, 6.07) is 21.2. The Balaban J connectivity index is 1.41. The van der Waals surface area contributed by atoms with Crippen molar-refractivity contribution in [1.29, 1.82) is 0 Å². The molecule has 0 radical (unpaired) electrons. The van der Waals surface area contributed by atoms with E-state index in [9.17, 15) is 9.59 Å². The standard InChI is InChI=1S/C30H27ClN6O2/c1-18-8-11-25-23(14-18)27(28(32)38)26-12-13-30(16-36(25)26,20-6-4-3-5-7-20)34-29(39)22-10-9-21(15-24(22)31)37-17-33-19(2)35-37/h3-11,14-15,17H,12-13,16H2,1-2H3,(H2,32,38)(H,34,39)/t30-/m1/s1. The summed E-state index contributed by atoms with van der Waals surface area (Å²) >= 11 is 6.62. The van der Waals surface area contributed by atoms with Crippen molar-refractivity contribution in [1.82, 2.24) is 24.6 Å². The molecule has 1 aliphatic heterocycles. The highest BCUT2D eigenvalue weighted by atomic mass is 35.5. The van der Waals surface area contributed by atoms with Gasteiger partial charge in [-0.05, 0) is 62.6 Å². The van der Waals surface area contributed by atoms with Crippen molar-refractivity contribution in [3.63, 3.8) is 0 Å². The zero-order chi connectivity index (χ0) is 27.3. The molecule has 3 aromatic carbocycles. The predicted octanol–water partition coefficient (Wildman–Crippen LogP) is 4.86. The van der Waals surface area contributed by atoms with Crippen LogP contribution >= 0.6 is 11.6 Å². The number of nitrogens with zero attached hydrogens (tertiary/aromatic N) is 4. The minimum absolute atomic E-state index is 0.281. The number of nitrogens with two attached hydrogens (primary N) is 1. The second-order valence-electron chi connectivity index (χ2n) is 10.1. The molecule has 3 heterocycles. The second-order valence-corrected chi connectivity index (χ2v) is 10.5. The Hall–Kier alpha value is -4.43. The molecule has 196 valence electrons. The molecule has 2 aromatic heterocycles. The minimum Gasteiger partial charge on any atom is -0.366 e. The van der Waals surface area contributed by atoms with Crippen LogP contribution in [0.5, 0.6) is 0 Å². The average Bonchev–Trinajstić information content (AvgIpc) is 3.49. The van der Waals surface area contributed by atoms with E-state index in [1.165, 1.54) is 0 Å². The Bertz CT molecular complexity index is 1760. The molecule has 0 spiro atoms. The second kappa shape index (κ2) is 9.39. The zero-order valence-corrected chi connectivity index (χ0v) is 22.4. The summed E-state index contributed by atoms with van der Waals surface area (Å²) in [4.78, 5) is 30.5. The first-order valence-electron chi connectivity index (χ1n) is 12.7. The number of carbonyl (C=O) groups excluding carboxylic acids is 2. The van der Waals surface area contributed by atoms with Crippen LogP contribution in [0.4, 0.5) is 0 Å². The van der Waals surface area contributed by atoms with Gasteiger partial charge in [-0.1, -0.05) is 53.6 Å². The summed E-state index contributed by atoms with van der Waals surface area (Å²) in [6.45, 7) is 4.24. The largest absolute Gasteiger partial charge is 0.366 e. The van der Waals surface area contributed by atoms with Crippen molar-refractivity contribution in [3.05, 3.63) is 112 Å². The Morgan fingerprint density at radius 1 is 1.05 bits per heavy atom. The third-order valence-corrected chi connectivity index (χ3v) is 7.85. The Kier molecular flexibility index (Phi) is 5.99. The van der Waals surface area contributed by atoms with Gasteiger partial charge in [-0.2, -0.15) is 5.10 Å². The van der Waals surface area contributed by atoms with Crippen molar-refractivity contribution in [2.45, 2.75) is 38.8 Å². The SMILES string of the molecule is Cc1ccc2c(c1)c(C(N)=O)c1n2C[C@@](NC(=O)c2ccc(-n3cnc(C)n3)cc2Cl)(c2ccccc2)CC1. The number of rotatable bonds is 5. The van der Waals surface area contributed by atoms with E-state index in [0.717, 1.165) is 27.7 Å². The van der Waals surface area contributed by atoms with E-state index in [4.69, 9.17) is 17.3 Å². The van der Waals surface area contributed by atoms with E-state index < -0.39 is 11.4 Å². The summed E-state index contributed by atoms with van der Waals surface area (Å²) in [5, 5.41) is 8.80. The van der Waals surface area contributed by atoms with Crippen molar-refractivity contribution >= 4 is 34.3 Å². The Morgan fingerprint density at radius 3 is 2.54 bits per heavy atom. The van der Waals surface area contributed by atoms with Crippen molar-refractivity contribution in [3.8, 4) is 5.69 Å². The maximum atomic E-state index is 13.8. The number of aryl methyl sites for hydroxylation is 2. The summed E-state index contributed by atoms with van der Waals surface area (Å²) < 4.78 is 3.75. The normalized spacial score (nSPS) is 16.7. The van der Waals surface area contributed by atoms with E-state index in [1.54, 1.807) is 36.1 Å². The number of aromatic nitrogens is 4. The average molecular weight is 539 g/mol. The number of primary amides is 1. The fraction of sp³-hybridized carbons (Fsp3) is 0.200. The molecule has 0 bridgehead atoms. The van der Waals surface area contributed by atoms with Crippen molar-refractivity contribution in [2.24, 2.45) is 5.73 Å². The first-order valence-corrected chi connectivity index (χ1v) is 13.1. The molecule has 6 rings (SSSR count). The molecule has 2 amide bonds. The lowest BCUT2D eigenvalue weighted by molar-refractivity contribution is 0.0865. The molecule has 9 heteroatoms. The number of amides is 2. The van der Waals surface area contributed by atoms with E-state index in [-0.39, 0.29) is 5.91 Å². The Morgan fingerprint density at radius 2 is 1.85 bits per heavy atom. The molecule has 0 unspecified atom stereocenters. The van der Waals surface area contributed by atoms with Crippen LogP contribution < -0.4 is 11.1 Å². The third kappa shape index (κ3) is 4.27. The van der Waals surface area contributed by atoms with Crippen LogP contribution in [0, 0.1) is 13.8 Å². The number of hydrogen-bond acceptors (Lipinski definition) is 4. The number of nitrogens with one attached hydrogen (secondary N) is 1. The molecule has 1 aliphatic rings. The molecule has 0 aliphatic carbocycles. The topological polar surface area (TPSA) is 108 Å². The molecular formula is C30H27ClN6O2. The van der Waals surface area contributed by atoms with Crippen LogP contribution in [0.3, 0.4) is 0 Å². The van der Waals surface area contributed by atoms with Gasteiger partial charge in [-0.25, -0.2) is 9.67 Å². The quantitative estimate of drug-likeness (QED) is 0.333. The van der Waals surface area contributed by atoms with Gasteiger partial charge in [0.25, 0.3) is 11.8 Å². The lowest BCUT2D eigenvalue weighted by atomic mass is 9.81. The third-order valence-electron chi connectivity index (χ3n) is 7.54. The molecule has 0 saturated heterocycles. The van der Waals surface area contributed by atoms with Gasteiger partial charge >= 0.3 is 0 Å². The highest BCUT2D eigenvalue weighted by Gasteiger charge is 2.40. The van der Waals surface area contributed by atoms with Crippen LogP contribution in [-0.2, 0) is 18.5 Å². The van der Waals surface area contributed by atoms with E-state index >= 15 is 0 Å². The highest BCUT2D eigenvalue weighted by molar-refractivity contribution is 6.34. The maximum Gasteiger partial charge on any atom is 0.253 e. The number of benzene rings is 3. The van der Waals surface area contributed by atoms with Crippen molar-refractivity contribution < 1.29 is 9.59 Å². The van der Waals surface area contributed by atoms with Gasteiger partial charge in [0, 0.05) is 16.6 Å². The molecule has 0 fully saturated rings. The fourth-order valence-corrected chi connectivity index (χ4v) is 5.93. The molecule has 5 aromatic rings. The zero-order valence-electron chi connectivity index (χ0n) is 21.6. The first kappa shape index (κ1) is 24.9. The smallest absolute Gasteiger partial charge is 0.253 e. The van der Waals surface area contributed by atoms with Crippen LogP contribution in [0.25, 0.3) is 16.6 Å². The van der Waals surface area contributed by atoms with Crippen LogP contribution in [0.15, 0.2) is 73.1 Å². The van der Waals surface area contributed by atoms with Gasteiger partial charge < -0.3 is 15.6 Å². The van der Waals surface area contributed by atoms with Crippen molar-refractivity contribution in [2.75, 3.05) is 0 Å². The molecule has 3 N–H and O–H groups in total. The minimum atomic E-state index is -0.734. The molecular weight excluding hydrogens is 512 g/mol. The van der Waals surface area contributed by atoms with E-state index in [2.05, 4.69) is 20.0 Å². The maximum absolute atomic E-state index is 13.8. The number of carbonyl (C=O) groups is 2. The Labute approximate surface area is 230 Å². The predicted molar refractivity (Wildman–Crippen MR) is 150 cm³/mol. The lowest BCUT2D eigenvalue weighted by Gasteiger charge is -2.40. The highest BCUT2D eigenvalue weighted by Crippen LogP contribution is 2.39. The van der Waals surface area contributed by atoms with Gasteiger partial charge in [-0.15, -0.1) is 0 Å². The van der Waals surface area contributed by atoms with Gasteiger partial charge in [0.15, 0.2) is 0 Å². The number of hydrogen-bond donors (Lipinski definition) is 2. The van der Waals surface area contributed by atoms with E-state index in [1.807, 2.05) is 55.5 Å². The monoisotopic (exact) mass is 538 g/mol. The van der Waals surface area contributed by atoms with Crippen LogP contribution in [-0.4, -0.2) is 31.1 Å². The van der Waals surface area contributed by atoms with Gasteiger partial charge in [0.05, 0.1) is 33.9 Å². The molecule has 1 atom stereocenters. The van der Waals surface area contributed by atoms with Crippen LogP contribution in [0.1, 0.15) is 49.8 Å². The first-order chi connectivity index (χ1) is 18.8.